The van der Waals surface area contributed by atoms with E-state index in [9.17, 15) is 22.8 Å². The molecule has 0 bridgehead atoms. The zero-order chi connectivity index (χ0) is 36.5. The first-order valence-electron chi connectivity index (χ1n) is 16.6. The summed E-state index contributed by atoms with van der Waals surface area (Å²) in [5.74, 6) is 0.247. The summed E-state index contributed by atoms with van der Waals surface area (Å²) in [6.07, 6.45) is 2.26. The Hall–Kier alpha value is -6.16. The molecule has 0 saturated carbocycles. The summed E-state index contributed by atoms with van der Waals surface area (Å²) in [6.45, 7) is 0.312. The van der Waals surface area contributed by atoms with Gasteiger partial charge in [-0.3, -0.25) is 9.51 Å². The number of carbonyl (C=O) groups excluding carboxylic acids is 1. The lowest BCUT2D eigenvalue weighted by Gasteiger charge is -2.15. The van der Waals surface area contributed by atoms with Gasteiger partial charge in [-0.2, -0.15) is 13.2 Å². The van der Waals surface area contributed by atoms with E-state index in [1.807, 2.05) is 84.9 Å². The maximum atomic E-state index is 13.0. The van der Waals surface area contributed by atoms with Crippen molar-refractivity contribution in [3.8, 4) is 28.3 Å². The Morgan fingerprint density at radius 2 is 1.42 bits per heavy atom. The molecule has 6 rings (SSSR count). The predicted molar refractivity (Wildman–Crippen MR) is 193 cm³/mol. The predicted octanol–water partition coefficient (Wildman–Crippen LogP) is 9.59. The zero-order valence-corrected chi connectivity index (χ0v) is 28.2. The second-order valence-corrected chi connectivity index (χ2v) is 12.3. The number of para-hydroxylation sites is 1. The number of hydrogen-bond acceptors (Lipinski definition) is 6. The number of allylic oxidation sites excluding steroid dienone is 1. The number of esters is 1. The van der Waals surface area contributed by atoms with Gasteiger partial charge < -0.3 is 9.47 Å². The number of nitrogens with zero attached hydrogens (tertiary/aromatic N) is 1. The average molecular weight is 705 g/mol. The monoisotopic (exact) mass is 704 g/mol. The van der Waals surface area contributed by atoms with Gasteiger partial charge in [0.25, 0.3) is 0 Å². The fourth-order valence-corrected chi connectivity index (χ4v) is 5.80. The maximum absolute atomic E-state index is 13.0. The molecule has 6 aromatic rings. The van der Waals surface area contributed by atoms with Crippen LogP contribution in [0.5, 0.6) is 5.75 Å². The molecule has 1 N–H and O–H groups in total. The molecule has 0 radical (unpaired) electrons. The van der Waals surface area contributed by atoms with Crippen LogP contribution >= 0.6 is 0 Å². The van der Waals surface area contributed by atoms with Gasteiger partial charge in [0.15, 0.2) is 5.82 Å². The molecule has 1 aromatic heterocycles. The topological polar surface area (TPSA) is 94.4 Å². The second-order valence-electron chi connectivity index (χ2n) is 12.3. The lowest BCUT2D eigenvalue weighted by atomic mass is 9.91. The normalized spacial score (nSPS) is 12.2. The molecule has 5 aromatic carbocycles. The molecular formula is C42H35F3N2O5. The third-order valence-corrected chi connectivity index (χ3v) is 8.71. The van der Waals surface area contributed by atoms with Crippen LogP contribution in [0.1, 0.15) is 44.6 Å². The van der Waals surface area contributed by atoms with Gasteiger partial charge in [-0.1, -0.05) is 108 Å². The van der Waals surface area contributed by atoms with Crippen molar-refractivity contribution in [1.82, 2.24) is 10.1 Å². The molecule has 52 heavy (non-hydrogen) atoms. The van der Waals surface area contributed by atoms with Gasteiger partial charge in [-0.15, -0.1) is 0 Å². The number of aryl methyl sites for hydroxylation is 1. The van der Waals surface area contributed by atoms with Crippen LogP contribution in [0.4, 0.5) is 13.2 Å². The number of aromatic amines is 1. The van der Waals surface area contributed by atoms with Gasteiger partial charge in [0.2, 0.25) is 0 Å². The number of carbonyl (C=O) groups is 1. The van der Waals surface area contributed by atoms with E-state index in [1.54, 1.807) is 12.1 Å². The molecule has 0 aliphatic heterocycles. The van der Waals surface area contributed by atoms with Gasteiger partial charge >= 0.3 is 17.9 Å². The zero-order valence-electron chi connectivity index (χ0n) is 28.2. The number of H-pyrrole nitrogens is 1. The van der Waals surface area contributed by atoms with Gasteiger partial charge in [0.1, 0.15) is 12.4 Å². The fraction of sp³-hybridized carbons (Fsp3) is 0.167. The lowest BCUT2D eigenvalue weighted by molar-refractivity contribution is -0.137. The van der Waals surface area contributed by atoms with Crippen LogP contribution in [-0.4, -0.2) is 23.2 Å². The Morgan fingerprint density at radius 1 is 0.808 bits per heavy atom. The van der Waals surface area contributed by atoms with Crippen molar-refractivity contribution < 1.29 is 32.0 Å². The highest BCUT2D eigenvalue weighted by Crippen LogP contribution is 2.31. The summed E-state index contributed by atoms with van der Waals surface area (Å²) < 4.78 is 54.6. The van der Waals surface area contributed by atoms with Gasteiger partial charge in [-0.05, 0) is 83.3 Å². The molecule has 0 fully saturated rings. The highest BCUT2D eigenvalue weighted by Gasteiger charge is 2.30. The number of benzene rings is 5. The molecule has 0 spiro atoms. The summed E-state index contributed by atoms with van der Waals surface area (Å²) in [5, 5.41) is 3.77. The molecule has 1 heterocycles. The minimum atomic E-state index is -4.37. The molecule has 0 amide bonds. The number of alkyl halides is 3. The summed E-state index contributed by atoms with van der Waals surface area (Å²) in [7, 11) is 1.36. The summed E-state index contributed by atoms with van der Waals surface area (Å²) in [5.41, 5.74) is 6.13. The van der Waals surface area contributed by atoms with E-state index in [2.05, 4.69) is 26.8 Å². The van der Waals surface area contributed by atoms with Gasteiger partial charge in [0.05, 0.1) is 18.2 Å². The fourth-order valence-electron chi connectivity index (χ4n) is 5.80. The van der Waals surface area contributed by atoms with Crippen LogP contribution in [0.3, 0.4) is 0 Å². The smallest absolute Gasteiger partial charge is 0.439 e. The Morgan fingerprint density at radius 3 is 2.06 bits per heavy atom. The summed E-state index contributed by atoms with van der Waals surface area (Å²) in [4.78, 5) is 25.9. The van der Waals surface area contributed by atoms with Crippen molar-refractivity contribution >= 4 is 12.0 Å². The Bertz CT molecular complexity index is 2170. The molecule has 7 nitrogen and oxygen atoms in total. The standard InChI is InChI=1S/C42H35F3N2O5/c1-50-40(48)36-20-8-28(9-21-36)6-7-29(26-30-11-18-35(19-12-30)39-46-41(49)52-47-39)10-17-34-4-2-3-5-38(34)51-27-31-13-15-32(16-14-31)33-22-24-37(25-23-33)42(43,44)45/h2-5,8-25,29H,6-7,26-27H2,1H3,(H,46,47,49)/b17-10+. The van der Waals surface area contributed by atoms with E-state index in [0.29, 0.717) is 29.3 Å². The number of aromatic nitrogens is 2. The third kappa shape index (κ3) is 9.33. The molecular weight excluding hydrogens is 669 g/mol. The van der Waals surface area contributed by atoms with E-state index >= 15 is 0 Å². The van der Waals surface area contributed by atoms with Crippen molar-refractivity contribution in [2.45, 2.75) is 32.0 Å². The van der Waals surface area contributed by atoms with Crippen molar-refractivity contribution in [3.05, 3.63) is 171 Å². The quantitative estimate of drug-likeness (QED) is 0.120. The van der Waals surface area contributed by atoms with Crippen LogP contribution in [0.15, 0.2) is 137 Å². The van der Waals surface area contributed by atoms with E-state index < -0.39 is 17.5 Å². The maximum Gasteiger partial charge on any atom is 0.439 e. The first-order valence-corrected chi connectivity index (χ1v) is 16.6. The van der Waals surface area contributed by atoms with Gasteiger partial charge in [-0.25, -0.2) is 9.59 Å². The first-order chi connectivity index (χ1) is 25.1. The number of rotatable bonds is 13. The number of nitrogens with one attached hydrogen (secondary N) is 1. The van der Waals surface area contributed by atoms with Crippen molar-refractivity contribution in [2.75, 3.05) is 7.11 Å². The van der Waals surface area contributed by atoms with Crippen LogP contribution < -0.4 is 10.5 Å². The van der Waals surface area contributed by atoms with Crippen molar-refractivity contribution in [1.29, 1.82) is 0 Å². The van der Waals surface area contributed by atoms with E-state index in [4.69, 9.17) is 9.47 Å². The van der Waals surface area contributed by atoms with Crippen LogP contribution in [0.2, 0.25) is 0 Å². The number of ether oxygens (including phenoxy) is 2. The minimum Gasteiger partial charge on any atom is -0.488 e. The minimum absolute atomic E-state index is 0.142. The number of halogens is 3. The van der Waals surface area contributed by atoms with Crippen molar-refractivity contribution in [2.24, 2.45) is 5.92 Å². The third-order valence-electron chi connectivity index (χ3n) is 8.71. The largest absolute Gasteiger partial charge is 0.488 e. The molecule has 264 valence electrons. The average Bonchev–Trinajstić information content (AvgIpc) is 3.61. The van der Waals surface area contributed by atoms with E-state index in [0.717, 1.165) is 64.8 Å². The van der Waals surface area contributed by atoms with Crippen LogP contribution in [0, 0.1) is 5.92 Å². The van der Waals surface area contributed by atoms with E-state index in [-0.39, 0.29) is 11.9 Å². The van der Waals surface area contributed by atoms with E-state index in [1.165, 1.54) is 19.2 Å². The van der Waals surface area contributed by atoms with Crippen molar-refractivity contribution in [3.63, 3.8) is 0 Å². The highest BCUT2D eigenvalue weighted by molar-refractivity contribution is 5.89. The van der Waals surface area contributed by atoms with Gasteiger partial charge in [0, 0.05) is 11.1 Å². The summed E-state index contributed by atoms with van der Waals surface area (Å²) in [6, 6.07) is 35.7. The molecule has 0 aliphatic carbocycles. The molecule has 10 heteroatoms. The number of methoxy groups -OCH3 is 1. The first kappa shape index (κ1) is 35.7. The molecule has 0 saturated heterocycles. The molecule has 0 aliphatic rings. The Labute approximate surface area is 298 Å². The van der Waals surface area contributed by atoms with Crippen LogP contribution in [-0.2, 0) is 30.4 Å². The SMILES string of the molecule is COC(=O)c1ccc(CCC(/C=C/c2ccccc2OCc2ccc(-c3ccc(C(F)(F)F)cc3)cc2)Cc2ccc(-c3noc(=O)[nH]3)cc2)cc1. The molecule has 1 unspecified atom stereocenters. The lowest BCUT2D eigenvalue weighted by Crippen LogP contribution is -2.05. The van der Waals surface area contributed by atoms with Crippen LogP contribution in [0.25, 0.3) is 28.6 Å². The molecule has 1 atom stereocenters. The second kappa shape index (κ2) is 16.2. The Kier molecular flexibility index (Phi) is 11.1. The highest BCUT2D eigenvalue weighted by atomic mass is 19.4. The summed E-state index contributed by atoms with van der Waals surface area (Å²) >= 11 is 0. The Balaban J connectivity index is 1.14. The number of hydrogen-bond donors (Lipinski definition) is 1.